The van der Waals surface area contributed by atoms with Crippen LogP contribution in [0.1, 0.15) is 27.2 Å². The van der Waals surface area contributed by atoms with Crippen LogP contribution in [-0.2, 0) is 9.59 Å². The van der Waals surface area contributed by atoms with Crippen LogP contribution in [0.2, 0.25) is 5.02 Å². The highest BCUT2D eigenvalue weighted by Gasteiger charge is 2.15. The predicted octanol–water partition coefficient (Wildman–Crippen LogP) is 2.39. The molecule has 0 radical (unpaired) electrons. The second-order valence-electron chi connectivity index (χ2n) is 6.18. The summed E-state index contributed by atoms with van der Waals surface area (Å²) in [7, 11) is 0. The van der Waals surface area contributed by atoms with Gasteiger partial charge in [0.15, 0.2) is 6.61 Å². The number of nitrogens with one attached hydrogen (secondary N) is 2. The lowest BCUT2D eigenvalue weighted by atomic mass is 9.92. The maximum Gasteiger partial charge on any atom is 0.258 e. The second-order valence-corrected chi connectivity index (χ2v) is 6.62. The van der Waals surface area contributed by atoms with Crippen molar-refractivity contribution in [3.05, 3.63) is 29.3 Å². The van der Waals surface area contributed by atoms with Crippen LogP contribution >= 0.6 is 11.6 Å². The van der Waals surface area contributed by atoms with E-state index in [0.29, 0.717) is 30.3 Å². The highest BCUT2D eigenvalue weighted by Crippen LogP contribution is 2.17. The van der Waals surface area contributed by atoms with Crippen molar-refractivity contribution in [3.63, 3.8) is 0 Å². The molecule has 0 saturated heterocycles. The molecule has 0 spiro atoms. The fourth-order valence-corrected chi connectivity index (χ4v) is 1.80. The Labute approximate surface area is 136 Å². The molecule has 5 nitrogen and oxygen atoms in total. The van der Waals surface area contributed by atoms with E-state index >= 15 is 0 Å². The van der Waals surface area contributed by atoms with Gasteiger partial charge in [-0.15, -0.1) is 0 Å². The summed E-state index contributed by atoms with van der Waals surface area (Å²) in [5.41, 5.74) is -0.0419. The Hall–Kier alpha value is -1.75. The van der Waals surface area contributed by atoms with Crippen LogP contribution < -0.4 is 15.4 Å². The van der Waals surface area contributed by atoms with Crippen molar-refractivity contribution in [2.45, 2.75) is 27.2 Å². The number of carbonyl (C=O) groups excluding carboxylic acids is 2. The van der Waals surface area contributed by atoms with Gasteiger partial charge in [0.05, 0.1) is 0 Å². The summed E-state index contributed by atoms with van der Waals surface area (Å²) in [5.74, 6) is 0.331. The Morgan fingerprint density at radius 1 is 1.05 bits per heavy atom. The molecule has 1 aromatic carbocycles. The van der Waals surface area contributed by atoms with Gasteiger partial charge in [-0.2, -0.15) is 0 Å². The van der Waals surface area contributed by atoms with E-state index in [-0.39, 0.29) is 23.8 Å². The Balaban J connectivity index is 2.13. The maximum atomic E-state index is 11.6. The molecule has 1 aromatic rings. The van der Waals surface area contributed by atoms with Gasteiger partial charge in [-0.25, -0.2) is 0 Å². The van der Waals surface area contributed by atoms with Crippen LogP contribution in [0.25, 0.3) is 0 Å². The third-order valence-corrected chi connectivity index (χ3v) is 2.90. The SMILES string of the molecule is CC(C)(C)CC(=O)NCCNC(=O)COc1ccc(Cl)cc1. The van der Waals surface area contributed by atoms with E-state index in [1.54, 1.807) is 24.3 Å². The molecule has 6 heteroatoms. The number of ether oxygens (including phenoxy) is 1. The van der Waals surface area contributed by atoms with Crippen molar-refractivity contribution >= 4 is 23.4 Å². The van der Waals surface area contributed by atoms with E-state index in [2.05, 4.69) is 10.6 Å². The van der Waals surface area contributed by atoms with Crippen molar-refractivity contribution in [1.82, 2.24) is 10.6 Å². The fraction of sp³-hybridized carbons (Fsp3) is 0.500. The molecule has 0 aliphatic carbocycles. The lowest BCUT2D eigenvalue weighted by Crippen LogP contribution is -2.37. The van der Waals surface area contributed by atoms with Crippen LogP contribution in [0.5, 0.6) is 5.75 Å². The van der Waals surface area contributed by atoms with E-state index in [9.17, 15) is 9.59 Å². The Bertz CT molecular complexity index is 495. The van der Waals surface area contributed by atoms with Crippen molar-refractivity contribution < 1.29 is 14.3 Å². The molecule has 0 saturated carbocycles. The first kappa shape index (κ1) is 18.3. The van der Waals surface area contributed by atoms with Gasteiger partial charge >= 0.3 is 0 Å². The number of hydrogen-bond acceptors (Lipinski definition) is 3. The zero-order valence-electron chi connectivity index (χ0n) is 13.2. The quantitative estimate of drug-likeness (QED) is 0.756. The standard InChI is InChI=1S/C16H23ClN2O3/c1-16(2,3)10-14(20)18-8-9-19-15(21)11-22-13-6-4-12(17)5-7-13/h4-7H,8-11H2,1-3H3,(H,18,20)(H,19,21). The summed E-state index contributed by atoms with van der Waals surface area (Å²) in [5, 5.41) is 6.06. The molecule has 0 aromatic heterocycles. The molecule has 2 N–H and O–H groups in total. The van der Waals surface area contributed by atoms with E-state index < -0.39 is 0 Å². The summed E-state index contributed by atoms with van der Waals surface area (Å²) in [4.78, 5) is 23.2. The molecule has 0 bridgehead atoms. The fourth-order valence-electron chi connectivity index (χ4n) is 1.68. The minimum absolute atomic E-state index is 0.0147. The molecule has 0 heterocycles. The molecule has 2 amide bonds. The molecular weight excluding hydrogens is 304 g/mol. The molecule has 0 unspecified atom stereocenters. The summed E-state index contributed by atoms with van der Waals surface area (Å²) in [6.07, 6.45) is 0.459. The third-order valence-electron chi connectivity index (χ3n) is 2.64. The zero-order valence-corrected chi connectivity index (χ0v) is 14.0. The van der Waals surface area contributed by atoms with Crippen LogP contribution in [-0.4, -0.2) is 31.5 Å². The number of hydrogen-bond donors (Lipinski definition) is 2. The van der Waals surface area contributed by atoms with Crippen molar-refractivity contribution in [2.75, 3.05) is 19.7 Å². The number of halogens is 1. The third kappa shape index (κ3) is 8.52. The van der Waals surface area contributed by atoms with E-state index in [1.165, 1.54) is 0 Å². The van der Waals surface area contributed by atoms with Gasteiger partial charge in [0.1, 0.15) is 5.75 Å². The lowest BCUT2D eigenvalue weighted by molar-refractivity contribution is -0.124. The Kier molecular flexibility index (Phi) is 7.18. The highest BCUT2D eigenvalue weighted by molar-refractivity contribution is 6.30. The average molecular weight is 327 g/mol. The summed E-state index contributed by atoms with van der Waals surface area (Å²) in [6, 6.07) is 6.78. The second kappa shape index (κ2) is 8.63. The molecule has 0 atom stereocenters. The topological polar surface area (TPSA) is 67.4 Å². The van der Waals surface area contributed by atoms with Gasteiger partial charge < -0.3 is 15.4 Å². The molecule has 0 fully saturated rings. The lowest BCUT2D eigenvalue weighted by Gasteiger charge is -2.17. The molecule has 1 rings (SSSR count). The highest BCUT2D eigenvalue weighted by atomic mass is 35.5. The minimum Gasteiger partial charge on any atom is -0.484 e. The predicted molar refractivity (Wildman–Crippen MR) is 87.0 cm³/mol. The smallest absolute Gasteiger partial charge is 0.258 e. The minimum atomic E-state index is -0.236. The summed E-state index contributed by atoms with van der Waals surface area (Å²) < 4.78 is 5.31. The van der Waals surface area contributed by atoms with E-state index in [4.69, 9.17) is 16.3 Å². The van der Waals surface area contributed by atoms with Gasteiger partial charge in [0.2, 0.25) is 5.91 Å². The summed E-state index contributed by atoms with van der Waals surface area (Å²) in [6.45, 7) is 6.71. The van der Waals surface area contributed by atoms with Crippen molar-refractivity contribution in [3.8, 4) is 5.75 Å². The largest absolute Gasteiger partial charge is 0.484 e. The summed E-state index contributed by atoms with van der Waals surface area (Å²) >= 11 is 5.76. The number of carbonyl (C=O) groups is 2. The monoisotopic (exact) mass is 326 g/mol. The van der Waals surface area contributed by atoms with Crippen LogP contribution in [0.3, 0.4) is 0 Å². The number of benzene rings is 1. The van der Waals surface area contributed by atoms with Crippen LogP contribution in [0.4, 0.5) is 0 Å². The molecule has 22 heavy (non-hydrogen) atoms. The molecule has 122 valence electrons. The van der Waals surface area contributed by atoms with Crippen molar-refractivity contribution in [2.24, 2.45) is 5.41 Å². The Morgan fingerprint density at radius 3 is 2.14 bits per heavy atom. The normalized spacial score (nSPS) is 10.9. The van der Waals surface area contributed by atoms with Crippen LogP contribution in [0.15, 0.2) is 24.3 Å². The first-order chi connectivity index (χ1) is 10.3. The zero-order chi connectivity index (χ0) is 16.6. The van der Waals surface area contributed by atoms with Gasteiger partial charge in [0.25, 0.3) is 5.91 Å². The number of rotatable bonds is 7. The molecule has 0 aliphatic rings. The van der Waals surface area contributed by atoms with Gasteiger partial charge in [-0.3, -0.25) is 9.59 Å². The van der Waals surface area contributed by atoms with E-state index in [0.717, 1.165) is 0 Å². The average Bonchev–Trinajstić information content (AvgIpc) is 2.41. The Morgan fingerprint density at radius 2 is 1.59 bits per heavy atom. The number of amides is 2. The van der Waals surface area contributed by atoms with Gasteiger partial charge in [-0.05, 0) is 29.7 Å². The first-order valence-corrected chi connectivity index (χ1v) is 7.56. The van der Waals surface area contributed by atoms with Gasteiger partial charge in [0, 0.05) is 24.5 Å². The van der Waals surface area contributed by atoms with Gasteiger partial charge in [-0.1, -0.05) is 32.4 Å². The van der Waals surface area contributed by atoms with E-state index in [1.807, 2.05) is 20.8 Å². The first-order valence-electron chi connectivity index (χ1n) is 7.18. The molecular formula is C16H23ClN2O3. The van der Waals surface area contributed by atoms with Crippen molar-refractivity contribution in [1.29, 1.82) is 0 Å². The molecule has 0 aliphatic heterocycles. The maximum absolute atomic E-state index is 11.6. The van der Waals surface area contributed by atoms with Crippen LogP contribution in [0, 0.1) is 5.41 Å².